The van der Waals surface area contributed by atoms with Crippen molar-refractivity contribution < 1.29 is 4.39 Å². The summed E-state index contributed by atoms with van der Waals surface area (Å²) in [6.45, 7) is 4.31. The van der Waals surface area contributed by atoms with Gasteiger partial charge in [0.1, 0.15) is 16.3 Å². The molecule has 0 amide bonds. The summed E-state index contributed by atoms with van der Waals surface area (Å²) in [7, 11) is 0. The summed E-state index contributed by atoms with van der Waals surface area (Å²) < 4.78 is 13.7. The smallest absolute Gasteiger partial charge is 0.130 e. The van der Waals surface area contributed by atoms with Crippen LogP contribution < -0.4 is 0 Å². The molecule has 0 spiro atoms. The fraction of sp³-hybridized carbons (Fsp3) is 0.333. The molecule has 0 aliphatic rings. The molecule has 0 aliphatic carbocycles. The molecule has 0 bridgehead atoms. The third-order valence-corrected chi connectivity index (χ3v) is 2.95. The predicted molar refractivity (Wildman–Crippen MR) is 77.2 cm³/mol. The Labute approximate surface area is 117 Å². The minimum absolute atomic E-state index is 0.227. The monoisotopic (exact) mass is 276 g/mol. The van der Waals surface area contributed by atoms with Crippen molar-refractivity contribution in [1.29, 1.82) is 0 Å². The van der Waals surface area contributed by atoms with E-state index in [2.05, 4.69) is 23.8 Å². The first-order valence-electron chi connectivity index (χ1n) is 6.36. The number of benzene rings is 1. The molecule has 1 heterocycles. The summed E-state index contributed by atoms with van der Waals surface area (Å²) in [5, 5.41) is 0. The molecule has 2 aromatic rings. The van der Waals surface area contributed by atoms with Gasteiger partial charge in [-0.25, -0.2) is 9.37 Å². The number of hydrogen-bond donors (Lipinski definition) is 1. The molecule has 4 heteroatoms. The van der Waals surface area contributed by atoms with Gasteiger partial charge < -0.3 is 4.98 Å². The Hall–Kier alpha value is -1.55. The fourth-order valence-electron chi connectivity index (χ4n) is 2.04. The molecule has 0 radical (unpaired) electrons. The summed E-state index contributed by atoms with van der Waals surface area (Å²) in [6.07, 6.45) is 1.50. The SMILES string of the molecule is CC(C)Cc1cc(=S)nc(Cc2cccc(F)c2)[nH]1. The highest BCUT2D eigenvalue weighted by Gasteiger charge is 2.04. The summed E-state index contributed by atoms with van der Waals surface area (Å²) in [5.74, 6) is 1.11. The molecule has 0 atom stereocenters. The number of H-pyrrole nitrogens is 1. The number of nitrogens with zero attached hydrogens (tertiary/aromatic N) is 1. The van der Waals surface area contributed by atoms with Crippen LogP contribution in [0.3, 0.4) is 0 Å². The van der Waals surface area contributed by atoms with Crippen LogP contribution in [-0.2, 0) is 12.8 Å². The lowest BCUT2D eigenvalue weighted by atomic mass is 10.1. The largest absolute Gasteiger partial charge is 0.347 e. The first-order valence-corrected chi connectivity index (χ1v) is 6.77. The van der Waals surface area contributed by atoms with Crippen molar-refractivity contribution in [2.24, 2.45) is 5.92 Å². The summed E-state index contributed by atoms with van der Waals surface area (Å²) in [6, 6.07) is 8.44. The van der Waals surface area contributed by atoms with E-state index in [1.54, 1.807) is 6.07 Å². The molecule has 2 rings (SSSR count). The van der Waals surface area contributed by atoms with E-state index in [0.717, 1.165) is 23.5 Å². The number of hydrogen-bond acceptors (Lipinski definition) is 2. The summed E-state index contributed by atoms with van der Waals surface area (Å²) in [4.78, 5) is 7.59. The lowest BCUT2D eigenvalue weighted by Gasteiger charge is -2.08. The van der Waals surface area contributed by atoms with Crippen LogP contribution in [0.1, 0.15) is 30.9 Å². The first kappa shape index (κ1) is 13.9. The van der Waals surface area contributed by atoms with Gasteiger partial charge in [0, 0.05) is 12.1 Å². The van der Waals surface area contributed by atoms with Crippen molar-refractivity contribution in [1.82, 2.24) is 9.97 Å². The second-order valence-corrected chi connectivity index (χ2v) is 5.51. The molecule has 0 unspecified atom stereocenters. The van der Waals surface area contributed by atoms with Crippen LogP contribution in [-0.4, -0.2) is 9.97 Å². The van der Waals surface area contributed by atoms with E-state index in [9.17, 15) is 4.39 Å². The summed E-state index contributed by atoms with van der Waals surface area (Å²) in [5.41, 5.74) is 1.97. The Balaban J connectivity index is 2.25. The van der Waals surface area contributed by atoms with E-state index in [1.807, 2.05) is 12.1 Å². The van der Waals surface area contributed by atoms with Gasteiger partial charge in [0.05, 0.1) is 0 Å². The Morgan fingerprint density at radius 2 is 2.11 bits per heavy atom. The van der Waals surface area contributed by atoms with E-state index in [0.29, 0.717) is 17.0 Å². The van der Waals surface area contributed by atoms with Crippen molar-refractivity contribution in [2.75, 3.05) is 0 Å². The van der Waals surface area contributed by atoms with Crippen molar-refractivity contribution in [3.63, 3.8) is 0 Å². The molecule has 0 saturated heterocycles. The maximum absolute atomic E-state index is 13.1. The highest BCUT2D eigenvalue weighted by molar-refractivity contribution is 7.71. The van der Waals surface area contributed by atoms with Gasteiger partial charge in [-0.15, -0.1) is 0 Å². The van der Waals surface area contributed by atoms with E-state index in [-0.39, 0.29) is 5.82 Å². The van der Waals surface area contributed by atoms with Crippen LogP contribution in [0.4, 0.5) is 4.39 Å². The Bertz CT molecular complexity index is 620. The zero-order valence-electron chi connectivity index (χ0n) is 11.1. The van der Waals surface area contributed by atoms with Crippen LogP contribution in [0, 0.1) is 16.4 Å². The molecule has 0 fully saturated rings. The van der Waals surface area contributed by atoms with Crippen LogP contribution >= 0.6 is 12.2 Å². The molecule has 1 aromatic heterocycles. The van der Waals surface area contributed by atoms with Crippen molar-refractivity contribution >= 4 is 12.2 Å². The lowest BCUT2D eigenvalue weighted by Crippen LogP contribution is -2.04. The van der Waals surface area contributed by atoms with Gasteiger partial charge in [-0.1, -0.05) is 38.2 Å². The molecular weight excluding hydrogens is 259 g/mol. The number of nitrogens with one attached hydrogen (secondary N) is 1. The maximum Gasteiger partial charge on any atom is 0.130 e. The molecular formula is C15H17FN2S. The van der Waals surface area contributed by atoms with Crippen LogP contribution in [0.25, 0.3) is 0 Å². The average molecular weight is 276 g/mol. The Morgan fingerprint density at radius 3 is 2.79 bits per heavy atom. The molecule has 0 aliphatic heterocycles. The molecule has 1 aromatic carbocycles. The molecule has 100 valence electrons. The molecule has 1 N–H and O–H groups in total. The van der Waals surface area contributed by atoms with Gasteiger partial charge in [-0.3, -0.25) is 0 Å². The minimum Gasteiger partial charge on any atom is -0.347 e. The Kier molecular flexibility index (Phi) is 4.43. The third-order valence-electron chi connectivity index (χ3n) is 2.74. The zero-order chi connectivity index (χ0) is 13.8. The normalized spacial score (nSPS) is 10.9. The van der Waals surface area contributed by atoms with Gasteiger partial charge >= 0.3 is 0 Å². The van der Waals surface area contributed by atoms with Crippen molar-refractivity contribution in [2.45, 2.75) is 26.7 Å². The summed E-state index contributed by atoms with van der Waals surface area (Å²) >= 11 is 5.18. The second-order valence-electron chi connectivity index (χ2n) is 5.10. The number of halogens is 1. The van der Waals surface area contributed by atoms with Crippen molar-refractivity contribution in [3.05, 3.63) is 57.9 Å². The highest BCUT2D eigenvalue weighted by atomic mass is 32.1. The Morgan fingerprint density at radius 1 is 1.32 bits per heavy atom. The van der Waals surface area contributed by atoms with Crippen molar-refractivity contribution in [3.8, 4) is 0 Å². The number of rotatable bonds is 4. The van der Waals surface area contributed by atoms with Gasteiger partial charge in [0.15, 0.2) is 0 Å². The van der Waals surface area contributed by atoms with Crippen LogP contribution in [0.5, 0.6) is 0 Å². The quantitative estimate of drug-likeness (QED) is 0.853. The van der Waals surface area contributed by atoms with E-state index in [1.165, 1.54) is 12.1 Å². The second kappa shape index (κ2) is 6.06. The van der Waals surface area contributed by atoms with Crippen LogP contribution in [0.2, 0.25) is 0 Å². The van der Waals surface area contributed by atoms with E-state index < -0.39 is 0 Å². The molecule has 2 nitrogen and oxygen atoms in total. The standard InChI is InChI=1S/C15H17FN2S/c1-10(2)6-13-9-15(19)18-14(17-13)8-11-4-3-5-12(16)7-11/h3-5,7,9-10H,6,8H2,1-2H3,(H,17,18,19). The molecule has 19 heavy (non-hydrogen) atoms. The first-order chi connectivity index (χ1) is 9.02. The maximum atomic E-state index is 13.1. The molecule has 0 saturated carbocycles. The van der Waals surface area contributed by atoms with E-state index >= 15 is 0 Å². The highest BCUT2D eigenvalue weighted by Crippen LogP contribution is 2.10. The van der Waals surface area contributed by atoms with E-state index in [4.69, 9.17) is 12.2 Å². The van der Waals surface area contributed by atoms with Gasteiger partial charge in [-0.2, -0.15) is 0 Å². The zero-order valence-corrected chi connectivity index (χ0v) is 11.9. The lowest BCUT2D eigenvalue weighted by molar-refractivity contribution is 0.624. The van der Waals surface area contributed by atoms with Gasteiger partial charge in [-0.05, 0) is 36.1 Å². The number of aromatic nitrogens is 2. The predicted octanol–water partition coefficient (Wildman–Crippen LogP) is 4.07. The topological polar surface area (TPSA) is 28.7 Å². The average Bonchev–Trinajstić information content (AvgIpc) is 2.26. The number of aromatic amines is 1. The minimum atomic E-state index is -0.227. The third kappa shape index (κ3) is 4.24. The van der Waals surface area contributed by atoms with Crippen LogP contribution in [0.15, 0.2) is 30.3 Å². The fourth-order valence-corrected chi connectivity index (χ4v) is 2.29. The van der Waals surface area contributed by atoms with Gasteiger partial charge in [0.2, 0.25) is 0 Å². The van der Waals surface area contributed by atoms with Gasteiger partial charge in [0.25, 0.3) is 0 Å².